The number of pyridine rings is 1. The van der Waals surface area contributed by atoms with E-state index in [2.05, 4.69) is 10.3 Å². The number of carbonyl (C=O) groups is 1. The van der Waals surface area contributed by atoms with Crippen LogP contribution in [0.3, 0.4) is 0 Å². The first-order valence-corrected chi connectivity index (χ1v) is 7.89. The molecule has 0 saturated heterocycles. The van der Waals surface area contributed by atoms with Crippen molar-refractivity contribution in [3.63, 3.8) is 0 Å². The molecule has 1 amide bonds. The Kier molecular flexibility index (Phi) is 3.97. The highest BCUT2D eigenvalue weighted by Gasteiger charge is 2.19. The number of nitrogens with zero attached hydrogens (tertiary/aromatic N) is 1. The summed E-state index contributed by atoms with van der Waals surface area (Å²) in [6.07, 6.45) is 4.37. The normalized spacial score (nSPS) is 12.2. The highest BCUT2D eigenvalue weighted by molar-refractivity contribution is 7.08. The lowest BCUT2D eigenvalue weighted by Gasteiger charge is -2.14. The summed E-state index contributed by atoms with van der Waals surface area (Å²) in [6, 6.07) is 9.84. The SMILES string of the molecule is CCC(C(=O)Nc1ccc2cnccc2c1)c1ccsc1. The minimum absolute atomic E-state index is 0.0457. The van der Waals surface area contributed by atoms with Gasteiger partial charge in [-0.15, -0.1) is 0 Å². The molecular weight excluding hydrogens is 280 g/mol. The molecule has 1 unspecified atom stereocenters. The second-order valence-corrected chi connectivity index (χ2v) is 5.72. The zero-order chi connectivity index (χ0) is 14.7. The Morgan fingerprint density at radius 1 is 1.29 bits per heavy atom. The molecule has 106 valence electrons. The van der Waals surface area contributed by atoms with Crippen LogP contribution in [0.1, 0.15) is 24.8 Å². The molecule has 1 atom stereocenters. The standard InChI is InChI=1S/C17H16N2OS/c1-2-16(14-6-8-21-11-14)17(20)19-15-4-3-13-10-18-7-5-12(13)9-15/h3-11,16H,2H2,1H3,(H,19,20). The molecule has 0 radical (unpaired) electrons. The van der Waals surface area contributed by atoms with Gasteiger partial charge in [0.25, 0.3) is 0 Å². The Labute approximate surface area is 127 Å². The second kappa shape index (κ2) is 6.06. The number of carbonyl (C=O) groups excluding carboxylic acids is 1. The number of nitrogens with one attached hydrogen (secondary N) is 1. The fourth-order valence-electron chi connectivity index (χ4n) is 2.44. The Hall–Kier alpha value is -2.20. The quantitative estimate of drug-likeness (QED) is 0.774. The van der Waals surface area contributed by atoms with Gasteiger partial charge in [-0.3, -0.25) is 9.78 Å². The molecule has 0 saturated carbocycles. The maximum absolute atomic E-state index is 12.5. The van der Waals surface area contributed by atoms with Gasteiger partial charge in [0.2, 0.25) is 5.91 Å². The summed E-state index contributed by atoms with van der Waals surface area (Å²) in [4.78, 5) is 16.6. The smallest absolute Gasteiger partial charge is 0.231 e. The van der Waals surface area contributed by atoms with Crippen LogP contribution >= 0.6 is 11.3 Å². The molecule has 2 heterocycles. The molecule has 0 aliphatic rings. The van der Waals surface area contributed by atoms with Gasteiger partial charge in [-0.25, -0.2) is 0 Å². The number of fused-ring (bicyclic) bond motifs is 1. The van der Waals surface area contributed by atoms with Gasteiger partial charge in [0.1, 0.15) is 0 Å². The molecular formula is C17H16N2OS. The monoisotopic (exact) mass is 296 g/mol. The van der Waals surface area contributed by atoms with Crippen LogP contribution in [-0.2, 0) is 4.79 Å². The zero-order valence-corrected chi connectivity index (χ0v) is 12.6. The number of hydrogen-bond donors (Lipinski definition) is 1. The van der Waals surface area contributed by atoms with Gasteiger partial charge >= 0.3 is 0 Å². The summed E-state index contributed by atoms with van der Waals surface area (Å²) in [7, 11) is 0. The van der Waals surface area contributed by atoms with Gasteiger partial charge in [0.05, 0.1) is 5.92 Å². The molecule has 0 aliphatic heterocycles. The zero-order valence-electron chi connectivity index (χ0n) is 11.7. The van der Waals surface area contributed by atoms with E-state index in [1.54, 1.807) is 17.5 Å². The van der Waals surface area contributed by atoms with Crippen LogP contribution in [0.4, 0.5) is 5.69 Å². The topological polar surface area (TPSA) is 42.0 Å². The van der Waals surface area contributed by atoms with Crippen LogP contribution in [0.5, 0.6) is 0 Å². The van der Waals surface area contributed by atoms with E-state index in [0.717, 1.165) is 28.4 Å². The van der Waals surface area contributed by atoms with Crippen LogP contribution in [0.15, 0.2) is 53.5 Å². The lowest BCUT2D eigenvalue weighted by molar-refractivity contribution is -0.117. The van der Waals surface area contributed by atoms with Crippen LogP contribution < -0.4 is 5.32 Å². The molecule has 2 aromatic heterocycles. The van der Waals surface area contributed by atoms with E-state index >= 15 is 0 Å². The summed E-state index contributed by atoms with van der Waals surface area (Å²) < 4.78 is 0. The van der Waals surface area contributed by atoms with Crippen molar-refractivity contribution in [2.24, 2.45) is 0 Å². The van der Waals surface area contributed by atoms with E-state index in [1.165, 1.54) is 0 Å². The van der Waals surface area contributed by atoms with Crippen LogP contribution in [0, 0.1) is 0 Å². The molecule has 3 rings (SSSR count). The number of aromatic nitrogens is 1. The Bertz CT molecular complexity index is 752. The van der Waals surface area contributed by atoms with Crippen molar-refractivity contribution in [3.05, 3.63) is 59.0 Å². The average molecular weight is 296 g/mol. The lowest BCUT2D eigenvalue weighted by Crippen LogP contribution is -2.20. The minimum Gasteiger partial charge on any atom is -0.326 e. The third-order valence-corrected chi connectivity index (χ3v) is 4.28. The van der Waals surface area contributed by atoms with E-state index < -0.39 is 0 Å². The largest absolute Gasteiger partial charge is 0.326 e. The van der Waals surface area contributed by atoms with E-state index in [-0.39, 0.29) is 11.8 Å². The summed E-state index contributed by atoms with van der Waals surface area (Å²) in [5, 5.41) is 9.21. The van der Waals surface area contributed by atoms with Gasteiger partial charge in [0.15, 0.2) is 0 Å². The van der Waals surface area contributed by atoms with E-state index in [4.69, 9.17) is 0 Å². The summed E-state index contributed by atoms with van der Waals surface area (Å²) in [6.45, 7) is 2.04. The number of rotatable bonds is 4. The lowest BCUT2D eigenvalue weighted by atomic mass is 9.98. The van der Waals surface area contributed by atoms with Gasteiger partial charge in [-0.2, -0.15) is 11.3 Å². The number of hydrogen-bond acceptors (Lipinski definition) is 3. The first-order chi connectivity index (χ1) is 10.3. The van der Waals surface area contributed by atoms with Crippen molar-refractivity contribution in [1.82, 2.24) is 4.98 Å². The third-order valence-electron chi connectivity index (χ3n) is 3.58. The number of thiophene rings is 1. The first-order valence-electron chi connectivity index (χ1n) is 6.94. The first kappa shape index (κ1) is 13.8. The van der Waals surface area contributed by atoms with E-state index in [0.29, 0.717) is 0 Å². The summed E-state index contributed by atoms with van der Waals surface area (Å²) >= 11 is 1.62. The molecule has 3 aromatic rings. The van der Waals surface area contributed by atoms with Crippen LogP contribution in [0.2, 0.25) is 0 Å². The van der Waals surface area contributed by atoms with Gasteiger partial charge in [-0.1, -0.05) is 13.0 Å². The van der Waals surface area contributed by atoms with Crippen molar-refractivity contribution in [1.29, 1.82) is 0 Å². The molecule has 0 aliphatic carbocycles. The fourth-order valence-corrected chi connectivity index (χ4v) is 3.15. The Morgan fingerprint density at radius 2 is 2.19 bits per heavy atom. The predicted octanol–water partition coefficient (Wildman–Crippen LogP) is 4.43. The van der Waals surface area contributed by atoms with E-state index in [9.17, 15) is 4.79 Å². The van der Waals surface area contributed by atoms with Crippen molar-refractivity contribution in [2.45, 2.75) is 19.3 Å². The summed E-state index contributed by atoms with van der Waals surface area (Å²) in [5.74, 6) is -0.0475. The Balaban J connectivity index is 1.82. The number of anilines is 1. The molecule has 1 N–H and O–H groups in total. The maximum Gasteiger partial charge on any atom is 0.231 e. The fraction of sp³-hybridized carbons (Fsp3) is 0.176. The molecule has 3 nitrogen and oxygen atoms in total. The molecule has 0 bridgehead atoms. The van der Waals surface area contributed by atoms with E-state index in [1.807, 2.05) is 54.2 Å². The molecule has 21 heavy (non-hydrogen) atoms. The highest BCUT2D eigenvalue weighted by atomic mass is 32.1. The van der Waals surface area contributed by atoms with Gasteiger partial charge in [-0.05, 0) is 52.4 Å². The van der Waals surface area contributed by atoms with Crippen molar-refractivity contribution >= 4 is 33.7 Å². The minimum atomic E-state index is -0.0932. The molecule has 0 fully saturated rings. The van der Waals surface area contributed by atoms with Crippen molar-refractivity contribution in [3.8, 4) is 0 Å². The second-order valence-electron chi connectivity index (χ2n) is 4.94. The van der Waals surface area contributed by atoms with Gasteiger partial charge < -0.3 is 5.32 Å². The molecule has 4 heteroatoms. The predicted molar refractivity (Wildman–Crippen MR) is 87.7 cm³/mol. The average Bonchev–Trinajstić information content (AvgIpc) is 3.02. The third kappa shape index (κ3) is 2.95. The highest BCUT2D eigenvalue weighted by Crippen LogP contribution is 2.25. The van der Waals surface area contributed by atoms with Crippen LogP contribution in [-0.4, -0.2) is 10.9 Å². The summed E-state index contributed by atoms with van der Waals surface area (Å²) in [5.41, 5.74) is 1.91. The van der Waals surface area contributed by atoms with Crippen LogP contribution in [0.25, 0.3) is 10.8 Å². The molecule has 0 spiro atoms. The van der Waals surface area contributed by atoms with Crippen molar-refractivity contribution in [2.75, 3.05) is 5.32 Å². The van der Waals surface area contributed by atoms with Gasteiger partial charge in [0, 0.05) is 23.5 Å². The molecule has 1 aromatic carbocycles. The number of amides is 1. The maximum atomic E-state index is 12.5. The van der Waals surface area contributed by atoms with Crippen molar-refractivity contribution < 1.29 is 4.79 Å². The Morgan fingerprint density at radius 3 is 2.95 bits per heavy atom. The number of benzene rings is 1.